The first-order valence-corrected chi connectivity index (χ1v) is 4.81. The number of hydrogen-bond acceptors (Lipinski definition) is 3. The molecule has 0 unspecified atom stereocenters. The molecule has 0 fully saturated rings. The number of H-pyrrole nitrogens is 1. The Morgan fingerprint density at radius 1 is 1.73 bits per heavy atom. The van der Waals surface area contributed by atoms with Gasteiger partial charge in [0.15, 0.2) is 0 Å². The van der Waals surface area contributed by atoms with Gasteiger partial charge in [-0.05, 0) is 25.8 Å². The number of anilines is 1. The standard InChI is InChI=1S/C11H15N3O/c1-3-4-5-9(2)13-14-10-6-7-12-11(15)8-10/h3,6-8H,1,4-5H2,2H3,(H2,12,14,15). The molecule has 0 amide bonds. The fraction of sp³-hybridized carbons (Fsp3) is 0.273. The average molecular weight is 205 g/mol. The summed E-state index contributed by atoms with van der Waals surface area (Å²) < 4.78 is 0. The lowest BCUT2D eigenvalue weighted by atomic mass is 10.2. The van der Waals surface area contributed by atoms with Crippen molar-refractivity contribution in [2.75, 3.05) is 5.43 Å². The summed E-state index contributed by atoms with van der Waals surface area (Å²) in [6.07, 6.45) is 5.22. The fourth-order valence-corrected chi connectivity index (χ4v) is 1.04. The van der Waals surface area contributed by atoms with E-state index in [4.69, 9.17) is 0 Å². The highest BCUT2D eigenvalue weighted by atomic mass is 16.1. The molecule has 1 aromatic rings. The SMILES string of the molecule is C=CCCC(C)=NNc1cc[nH]c(=O)c1. The van der Waals surface area contributed by atoms with E-state index < -0.39 is 0 Å². The number of pyridine rings is 1. The van der Waals surface area contributed by atoms with Crippen molar-refractivity contribution in [3.63, 3.8) is 0 Å². The van der Waals surface area contributed by atoms with Gasteiger partial charge in [-0.15, -0.1) is 6.58 Å². The van der Waals surface area contributed by atoms with E-state index in [1.807, 2.05) is 13.0 Å². The van der Waals surface area contributed by atoms with Gasteiger partial charge in [-0.1, -0.05) is 6.08 Å². The molecular formula is C11H15N3O. The Balaban J connectivity index is 2.55. The number of aromatic nitrogens is 1. The number of hydrazone groups is 1. The predicted octanol–water partition coefficient (Wildman–Crippen LogP) is 2.13. The van der Waals surface area contributed by atoms with Crippen LogP contribution in [0, 0.1) is 0 Å². The minimum absolute atomic E-state index is 0.140. The molecule has 4 heteroatoms. The van der Waals surface area contributed by atoms with Crippen LogP contribution in [0.3, 0.4) is 0 Å². The van der Waals surface area contributed by atoms with E-state index in [-0.39, 0.29) is 5.56 Å². The van der Waals surface area contributed by atoms with Crippen molar-refractivity contribution in [2.45, 2.75) is 19.8 Å². The number of rotatable bonds is 5. The second-order valence-electron chi connectivity index (χ2n) is 3.23. The molecule has 0 aromatic carbocycles. The zero-order valence-electron chi connectivity index (χ0n) is 8.79. The molecule has 1 heterocycles. The zero-order chi connectivity index (χ0) is 11.1. The molecule has 0 radical (unpaired) electrons. The third kappa shape index (κ3) is 4.26. The quantitative estimate of drug-likeness (QED) is 0.439. The molecule has 0 saturated carbocycles. The second-order valence-corrected chi connectivity index (χ2v) is 3.23. The van der Waals surface area contributed by atoms with Gasteiger partial charge in [-0.25, -0.2) is 0 Å². The van der Waals surface area contributed by atoms with Crippen molar-refractivity contribution in [1.29, 1.82) is 0 Å². The number of hydrogen-bond donors (Lipinski definition) is 2. The molecule has 80 valence electrons. The van der Waals surface area contributed by atoms with E-state index >= 15 is 0 Å². The van der Waals surface area contributed by atoms with E-state index in [1.165, 1.54) is 6.07 Å². The summed E-state index contributed by atoms with van der Waals surface area (Å²) in [6.45, 7) is 5.58. The molecule has 4 nitrogen and oxygen atoms in total. The van der Waals surface area contributed by atoms with Gasteiger partial charge in [-0.2, -0.15) is 5.10 Å². The molecule has 0 aliphatic carbocycles. The Morgan fingerprint density at radius 2 is 2.53 bits per heavy atom. The van der Waals surface area contributed by atoms with E-state index in [9.17, 15) is 4.79 Å². The molecule has 0 spiro atoms. The van der Waals surface area contributed by atoms with Crippen molar-refractivity contribution in [1.82, 2.24) is 4.98 Å². The van der Waals surface area contributed by atoms with Crippen LogP contribution in [-0.2, 0) is 0 Å². The lowest BCUT2D eigenvalue weighted by Gasteiger charge is -2.01. The first kappa shape index (κ1) is 11.2. The second kappa shape index (κ2) is 5.80. The Morgan fingerprint density at radius 3 is 3.20 bits per heavy atom. The average Bonchev–Trinajstić information content (AvgIpc) is 2.23. The molecule has 0 aliphatic heterocycles. The third-order valence-corrected chi connectivity index (χ3v) is 1.86. The predicted molar refractivity (Wildman–Crippen MR) is 63.2 cm³/mol. The maximum absolute atomic E-state index is 10.9. The Labute approximate surface area is 88.7 Å². The summed E-state index contributed by atoms with van der Waals surface area (Å²) in [5.74, 6) is 0. The van der Waals surface area contributed by atoms with Crippen LogP contribution in [0.2, 0.25) is 0 Å². The van der Waals surface area contributed by atoms with E-state index in [2.05, 4.69) is 22.1 Å². The van der Waals surface area contributed by atoms with Crippen molar-refractivity contribution in [3.05, 3.63) is 41.3 Å². The molecular weight excluding hydrogens is 190 g/mol. The van der Waals surface area contributed by atoms with Crippen LogP contribution < -0.4 is 11.0 Å². The monoisotopic (exact) mass is 205 g/mol. The topological polar surface area (TPSA) is 57.2 Å². The fourth-order valence-electron chi connectivity index (χ4n) is 1.04. The van der Waals surface area contributed by atoms with Gasteiger partial charge in [0.25, 0.3) is 0 Å². The number of nitrogens with one attached hydrogen (secondary N) is 2. The van der Waals surface area contributed by atoms with Crippen molar-refractivity contribution in [3.8, 4) is 0 Å². The first-order chi connectivity index (χ1) is 7.22. The molecule has 0 bridgehead atoms. The molecule has 1 aromatic heterocycles. The summed E-state index contributed by atoms with van der Waals surface area (Å²) in [5.41, 5.74) is 4.36. The van der Waals surface area contributed by atoms with Gasteiger partial charge in [-0.3, -0.25) is 10.2 Å². The Hall–Kier alpha value is -1.84. The van der Waals surface area contributed by atoms with Crippen LogP contribution in [0.5, 0.6) is 0 Å². The lowest BCUT2D eigenvalue weighted by molar-refractivity contribution is 1.08. The van der Waals surface area contributed by atoms with Gasteiger partial charge in [0.2, 0.25) is 5.56 Å². The lowest BCUT2D eigenvalue weighted by Crippen LogP contribution is -2.04. The van der Waals surface area contributed by atoms with Crippen LogP contribution in [-0.4, -0.2) is 10.7 Å². The maximum atomic E-state index is 10.9. The largest absolute Gasteiger partial charge is 0.329 e. The van der Waals surface area contributed by atoms with Crippen LogP contribution >= 0.6 is 0 Å². The van der Waals surface area contributed by atoms with Crippen LogP contribution in [0.15, 0.2) is 40.9 Å². The molecule has 2 N–H and O–H groups in total. The summed E-state index contributed by atoms with van der Waals surface area (Å²) in [5, 5.41) is 4.14. The summed E-state index contributed by atoms with van der Waals surface area (Å²) in [4.78, 5) is 13.5. The molecule has 0 atom stereocenters. The minimum Gasteiger partial charge on any atom is -0.329 e. The minimum atomic E-state index is -0.140. The maximum Gasteiger partial charge on any atom is 0.250 e. The van der Waals surface area contributed by atoms with Crippen LogP contribution in [0.4, 0.5) is 5.69 Å². The number of allylic oxidation sites excluding steroid dienone is 1. The van der Waals surface area contributed by atoms with Gasteiger partial charge in [0, 0.05) is 18.0 Å². The van der Waals surface area contributed by atoms with E-state index in [0.29, 0.717) is 5.69 Å². The Kier molecular flexibility index (Phi) is 4.34. The normalized spacial score (nSPS) is 11.1. The number of nitrogens with zero attached hydrogens (tertiary/aromatic N) is 1. The van der Waals surface area contributed by atoms with Crippen molar-refractivity contribution < 1.29 is 0 Å². The van der Waals surface area contributed by atoms with E-state index in [1.54, 1.807) is 12.3 Å². The van der Waals surface area contributed by atoms with Crippen molar-refractivity contribution in [2.24, 2.45) is 5.10 Å². The highest BCUT2D eigenvalue weighted by Crippen LogP contribution is 2.01. The summed E-state index contributed by atoms with van der Waals surface area (Å²) in [7, 11) is 0. The van der Waals surface area contributed by atoms with Crippen LogP contribution in [0.1, 0.15) is 19.8 Å². The van der Waals surface area contributed by atoms with Gasteiger partial charge < -0.3 is 4.98 Å². The molecule has 0 saturated heterocycles. The molecule has 0 aliphatic rings. The highest BCUT2D eigenvalue weighted by Gasteiger charge is 1.92. The summed E-state index contributed by atoms with van der Waals surface area (Å²) >= 11 is 0. The van der Waals surface area contributed by atoms with Crippen molar-refractivity contribution >= 4 is 11.4 Å². The van der Waals surface area contributed by atoms with E-state index in [0.717, 1.165) is 18.6 Å². The number of aromatic amines is 1. The zero-order valence-corrected chi connectivity index (χ0v) is 8.79. The third-order valence-electron chi connectivity index (χ3n) is 1.86. The van der Waals surface area contributed by atoms with Crippen LogP contribution in [0.25, 0.3) is 0 Å². The van der Waals surface area contributed by atoms with Gasteiger partial charge in [0.05, 0.1) is 5.69 Å². The van der Waals surface area contributed by atoms with Gasteiger partial charge in [0.1, 0.15) is 0 Å². The summed E-state index contributed by atoms with van der Waals surface area (Å²) in [6, 6.07) is 3.22. The highest BCUT2D eigenvalue weighted by molar-refractivity contribution is 5.82. The smallest absolute Gasteiger partial charge is 0.250 e. The molecule has 1 rings (SSSR count). The first-order valence-electron chi connectivity index (χ1n) is 4.81. The van der Waals surface area contributed by atoms with Gasteiger partial charge >= 0.3 is 0 Å². The molecule has 15 heavy (non-hydrogen) atoms. The Bertz CT molecular complexity index is 406.